The van der Waals surface area contributed by atoms with Crippen LogP contribution in [-0.2, 0) is 6.42 Å². The van der Waals surface area contributed by atoms with Gasteiger partial charge in [0.15, 0.2) is 0 Å². The van der Waals surface area contributed by atoms with Gasteiger partial charge in [0.25, 0.3) is 0 Å². The summed E-state index contributed by atoms with van der Waals surface area (Å²) < 4.78 is 0. The molecule has 1 nitrogen and oxygen atoms in total. The molecular formula is C13H18O. The van der Waals surface area contributed by atoms with E-state index in [0.29, 0.717) is 5.92 Å². The number of aliphatic hydroxyl groups is 1. The minimum Gasteiger partial charge on any atom is -0.392 e. The molecule has 0 amide bonds. The molecule has 0 bridgehead atoms. The molecule has 0 aliphatic rings. The number of hydrogen-bond acceptors (Lipinski definition) is 1. The molecule has 0 unspecified atom stereocenters. The normalized spacial score (nSPS) is 11.4. The summed E-state index contributed by atoms with van der Waals surface area (Å²) in [6.07, 6.45) is 4.81. The van der Waals surface area contributed by atoms with E-state index >= 15 is 0 Å². The molecule has 0 atom stereocenters. The van der Waals surface area contributed by atoms with Crippen LogP contribution >= 0.6 is 0 Å². The Hall–Kier alpha value is -1.08. The first-order chi connectivity index (χ1) is 6.72. The van der Waals surface area contributed by atoms with E-state index in [2.05, 4.69) is 38.1 Å². The quantitative estimate of drug-likeness (QED) is 0.774. The van der Waals surface area contributed by atoms with Gasteiger partial charge < -0.3 is 5.11 Å². The molecule has 0 aliphatic carbocycles. The second-order valence-electron chi connectivity index (χ2n) is 3.92. The Balaban J connectivity index is 2.64. The molecule has 0 aromatic heterocycles. The van der Waals surface area contributed by atoms with Crippen LogP contribution in [0.15, 0.2) is 30.3 Å². The van der Waals surface area contributed by atoms with E-state index in [0.717, 1.165) is 12.0 Å². The smallest absolute Gasteiger partial charge is 0.0615 e. The summed E-state index contributed by atoms with van der Waals surface area (Å²) in [6.45, 7) is 4.55. The molecule has 0 saturated carbocycles. The highest BCUT2D eigenvalue weighted by Crippen LogP contribution is 2.10. The lowest BCUT2D eigenvalue weighted by molar-refractivity contribution is 0.343. The zero-order chi connectivity index (χ0) is 10.4. The Labute approximate surface area is 86.1 Å². The molecule has 0 heterocycles. The Morgan fingerprint density at radius 3 is 2.36 bits per heavy atom. The number of rotatable bonds is 4. The van der Waals surface area contributed by atoms with Gasteiger partial charge in [0.1, 0.15) is 0 Å². The third kappa shape index (κ3) is 3.75. The topological polar surface area (TPSA) is 20.2 Å². The fourth-order valence-corrected chi connectivity index (χ4v) is 1.43. The average Bonchev–Trinajstić information content (AvgIpc) is 2.16. The van der Waals surface area contributed by atoms with Crippen LogP contribution in [0, 0.1) is 5.92 Å². The summed E-state index contributed by atoms with van der Waals surface area (Å²) >= 11 is 0. The standard InChI is InChI=1S/C13H18O/c1-11(2)10-13-7-5-12(6-8-13)4-3-9-14/h3-8,11,14H,9-10H2,1-2H3. The summed E-state index contributed by atoms with van der Waals surface area (Å²) in [7, 11) is 0. The van der Waals surface area contributed by atoms with Gasteiger partial charge in [-0.25, -0.2) is 0 Å². The molecule has 1 aromatic rings. The van der Waals surface area contributed by atoms with Gasteiger partial charge in [-0.05, 0) is 23.5 Å². The van der Waals surface area contributed by atoms with Crippen LogP contribution in [0.3, 0.4) is 0 Å². The largest absolute Gasteiger partial charge is 0.392 e. The molecule has 1 N–H and O–H groups in total. The van der Waals surface area contributed by atoms with Crippen molar-refractivity contribution in [1.29, 1.82) is 0 Å². The highest BCUT2D eigenvalue weighted by atomic mass is 16.2. The van der Waals surface area contributed by atoms with Crippen LogP contribution in [0.25, 0.3) is 6.08 Å². The van der Waals surface area contributed by atoms with Crippen LogP contribution in [0.4, 0.5) is 0 Å². The van der Waals surface area contributed by atoms with Crippen LogP contribution < -0.4 is 0 Å². The molecule has 1 rings (SSSR count). The van der Waals surface area contributed by atoms with Gasteiger partial charge in [0.05, 0.1) is 6.61 Å². The van der Waals surface area contributed by atoms with E-state index in [-0.39, 0.29) is 6.61 Å². The van der Waals surface area contributed by atoms with Gasteiger partial charge in [-0.1, -0.05) is 50.3 Å². The summed E-state index contributed by atoms with van der Waals surface area (Å²) in [5.41, 5.74) is 2.52. The van der Waals surface area contributed by atoms with Crippen LogP contribution in [0.2, 0.25) is 0 Å². The first-order valence-electron chi connectivity index (χ1n) is 5.08. The molecule has 1 heteroatoms. The van der Waals surface area contributed by atoms with Crippen molar-refractivity contribution in [3.05, 3.63) is 41.5 Å². The maximum absolute atomic E-state index is 8.61. The molecule has 1 aromatic carbocycles. The minimum atomic E-state index is 0.105. The predicted molar refractivity (Wildman–Crippen MR) is 61.1 cm³/mol. The van der Waals surface area contributed by atoms with Gasteiger partial charge in [-0.3, -0.25) is 0 Å². The Morgan fingerprint density at radius 1 is 1.21 bits per heavy atom. The lowest BCUT2D eigenvalue weighted by Crippen LogP contribution is -1.93. The molecule has 0 saturated heterocycles. The van der Waals surface area contributed by atoms with E-state index in [1.807, 2.05) is 6.08 Å². The van der Waals surface area contributed by atoms with Gasteiger partial charge in [-0.15, -0.1) is 0 Å². The van der Waals surface area contributed by atoms with Gasteiger partial charge in [0.2, 0.25) is 0 Å². The fourth-order valence-electron chi connectivity index (χ4n) is 1.43. The second-order valence-corrected chi connectivity index (χ2v) is 3.92. The van der Waals surface area contributed by atoms with E-state index in [4.69, 9.17) is 5.11 Å². The van der Waals surface area contributed by atoms with Crippen molar-refractivity contribution in [2.75, 3.05) is 6.61 Å². The van der Waals surface area contributed by atoms with Crippen molar-refractivity contribution in [2.45, 2.75) is 20.3 Å². The monoisotopic (exact) mass is 190 g/mol. The van der Waals surface area contributed by atoms with Crippen molar-refractivity contribution < 1.29 is 5.11 Å². The third-order valence-electron chi connectivity index (χ3n) is 2.04. The molecule has 0 spiro atoms. The zero-order valence-corrected chi connectivity index (χ0v) is 8.90. The predicted octanol–water partition coefficient (Wildman–Crippen LogP) is 2.89. The first kappa shape index (κ1) is 11.0. The molecular weight excluding hydrogens is 172 g/mol. The SMILES string of the molecule is CC(C)Cc1ccc(C=CCO)cc1. The van der Waals surface area contributed by atoms with Crippen molar-refractivity contribution >= 4 is 6.08 Å². The highest BCUT2D eigenvalue weighted by Gasteiger charge is 1.96. The molecule has 0 aliphatic heterocycles. The van der Waals surface area contributed by atoms with E-state index in [1.54, 1.807) is 6.08 Å². The van der Waals surface area contributed by atoms with E-state index < -0.39 is 0 Å². The second kappa shape index (κ2) is 5.61. The molecule has 0 fully saturated rings. The van der Waals surface area contributed by atoms with Crippen LogP contribution in [-0.4, -0.2) is 11.7 Å². The van der Waals surface area contributed by atoms with E-state index in [1.165, 1.54) is 5.56 Å². The van der Waals surface area contributed by atoms with Crippen LogP contribution in [0.5, 0.6) is 0 Å². The summed E-state index contributed by atoms with van der Waals surface area (Å²) in [6, 6.07) is 8.47. The third-order valence-corrected chi connectivity index (χ3v) is 2.04. The van der Waals surface area contributed by atoms with E-state index in [9.17, 15) is 0 Å². The fraction of sp³-hybridized carbons (Fsp3) is 0.385. The summed E-state index contributed by atoms with van der Waals surface area (Å²) in [5, 5.41) is 8.61. The zero-order valence-electron chi connectivity index (χ0n) is 8.90. The Morgan fingerprint density at radius 2 is 1.86 bits per heavy atom. The Kier molecular flexibility index (Phi) is 4.41. The molecule has 0 radical (unpaired) electrons. The average molecular weight is 190 g/mol. The number of aliphatic hydroxyl groups excluding tert-OH is 1. The highest BCUT2D eigenvalue weighted by molar-refractivity contribution is 5.49. The van der Waals surface area contributed by atoms with Gasteiger partial charge >= 0.3 is 0 Å². The summed E-state index contributed by atoms with van der Waals surface area (Å²) in [5.74, 6) is 0.703. The first-order valence-corrected chi connectivity index (χ1v) is 5.08. The Bertz CT molecular complexity index is 283. The lowest BCUT2D eigenvalue weighted by atomic mass is 10.0. The molecule has 76 valence electrons. The summed E-state index contributed by atoms with van der Waals surface area (Å²) in [4.78, 5) is 0. The number of benzene rings is 1. The molecule has 14 heavy (non-hydrogen) atoms. The minimum absolute atomic E-state index is 0.105. The van der Waals surface area contributed by atoms with Crippen molar-refractivity contribution in [2.24, 2.45) is 5.92 Å². The maximum atomic E-state index is 8.61. The van der Waals surface area contributed by atoms with Crippen molar-refractivity contribution in [3.63, 3.8) is 0 Å². The van der Waals surface area contributed by atoms with Crippen molar-refractivity contribution in [1.82, 2.24) is 0 Å². The van der Waals surface area contributed by atoms with Crippen molar-refractivity contribution in [3.8, 4) is 0 Å². The van der Waals surface area contributed by atoms with Gasteiger partial charge in [-0.2, -0.15) is 0 Å². The maximum Gasteiger partial charge on any atom is 0.0615 e. The number of hydrogen-bond donors (Lipinski definition) is 1. The lowest BCUT2D eigenvalue weighted by Gasteiger charge is -2.04. The van der Waals surface area contributed by atoms with Gasteiger partial charge in [0, 0.05) is 0 Å². The van der Waals surface area contributed by atoms with Crippen LogP contribution in [0.1, 0.15) is 25.0 Å².